The number of hydrogen-bond donors (Lipinski definition) is 1. The first kappa shape index (κ1) is 19.1. The van der Waals surface area contributed by atoms with E-state index >= 15 is 0 Å². The van der Waals surface area contributed by atoms with Crippen molar-refractivity contribution in [3.05, 3.63) is 71.2 Å². The van der Waals surface area contributed by atoms with Crippen molar-refractivity contribution in [3.8, 4) is 0 Å². The molecular weight excluding hydrogens is 390 g/mol. The molecule has 0 atom stereocenters. The first-order valence-electron chi connectivity index (χ1n) is 9.05. The number of benzene rings is 3. The standard InChI is InChI=1S/C22H21NO3S2/c1-22(2,3)21-23(14-15-7-5-4-6-8-15)19-12-9-16-13-17(28(24,25)26)10-11-18(16)20(19)27-21/h4-13H,14H2,1-3H3/p+1. The summed E-state index contributed by atoms with van der Waals surface area (Å²) >= 11 is 1.74. The molecule has 4 rings (SSSR count). The van der Waals surface area contributed by atoms with E-state index in [-0.39, 0.29) is 10.3 Å². The molecule has 4 aromatic rings. The molecule has 144 valence electrons. The van der Waals surface area contributed by atoms with Crippen LogP contribution in [0.5, 0.6) is 0 Å². The minimum Gasteiger partial charge on any atom is -0.282 e. The predicted molar refractivity (Wildman–Crippen MR) is 114 cm³/mol. The zero-order valence-corrected chi connectivity index (χ0v) is 17.6. The van der Waals surface area contributed by atoms with Crippen LogP contribution < -0.4 is 4.57 Å². The summed E-state index contributed by atoms with van der Waals surface area (Å²) in [5.41, 5.74) is 2.34. The molecular formula is C22H22NO3S2+. The van der Waals surface area contributed by atoms with E-state index in [1.54, 1.807) is 17.4 Å². The Hall–Kier alpha value is -2.28. The van der Waals surface area contributed by atoms with Crippen molar-refractivity contribution in [3.63, 3.8) is 0 Å². The molecule has 1 N–H and O–H groups in total. The molecule has 0 saturated carbocycles. The van der Waals surface area contributed by atoms with E-state index in [1.165, 1.54) is 22.7 Å². The van der Waals surface area contributed by atoms with Crippen LogP contribution in [0.15, 0.2) is 65.6 Å². The Bertz CT molecular complexity index is 1280. The number of thiazole rings is 1. The topological polar surface area (TPSA) is 58.3 Å². The molecule has 0 unspecified atom stereocenters. The van der Waals surface area contributed by atoms with Gasteiger partial charge >= 0.3 is 0 Å². The van der Waals surface area contributed by atoms with Crippen molar-refractivity contribution in [1.82, 2.24) is 0 Å². The van der Waals surface area contributed by atoms with E-state index in [0.29, 0.717) is 0 Å². The van der Waals surface area contributed by atoms with Gasteiger partial charge in [0, 0.05) is 17.0 Å². The third-order valence-electron chi connectivity index (χ3n) is 4.78. The fourth-order valence-corrected chi connectivity index (χ4v) is 5.36. The second-order valence-electron chi connectivity index (χ2n) is 8.00. The average Bonchev–Trinajstić information content (AvgIpc) is 3.00. The van der Waals surface area contributed by atoms with Crippen LogP contribution in [0.2, 0.25) is 0 Å². The van der Waals surface area contributed by atoms with Gasteiger partial charge in [-0.3, -0.25) is 4.55 Å². The maximum atomic E-state index is 11.5. The van der Waals surface area contributed by atoms with Gasteiger partial charge in [-0.2, -0.15) is 13.0 Å². The molecule has 6 heteroatoms. The largest absolute Gasteiger partial charge is 0.294 e. The lowest BCUT2D eigenvalue weighted by atomic mass is 9.97. The number of rotatable bonds is 3. The maximum Gasteiger partial charge on any atom is 0.294 e. The number of hydrogen-bond acceptors (Lipinski definition) is 3. The molecule has 3 aromatic carbocycles. The van der Waals surface area contributed by atoms with Gasteiger partial charge < -0.3 is 0 Å². The molecule has 0 amide bonds. The van der Waals surface area contributed by atoms with E-state index in [4.69, 9.17) is 0 Å². The van der Waals surface area contributed by atoms with Gasteiger partial charge in [0.1, 0.15) is 4.70 Å². The quantitative estimate of drug-likeness (QED) is 0.383. The van der Waals surface area contributed by atoms with Gasteiger partial charge in [0.25, 0.3) is 10.1 Å². The average molecular weight is 413 g/mol. The summed E-state index contributed by atoms with van der Waals surface area (Å²) in [5.74, 6) is 0. The second kappa shape index (κ2) is 6.65. The normalized spacial score (nSPS) is 12.7. The van der Waals surface area contributed by atoms with Crippen LogP contribution in [0.1, 0.15) is 31.3 Å². The van der Waals surface area contributed by atoms with Crippen molar-refractivity contribution in [2.75, 3.05) is 0 Å². The van der Waals surface area contributed by atoms with Gasteiger partial charge in [-0.25, -0.2) is 0 Å². The van der Waals surface area contributed by atoms with Gasteiger partial charge in [0.2, 0.25) is 10.5 Å². The summed E-state index contributed by atoms with van der Waals surface area (Å²) in [7, 11) is -4.22. The summed E-state index contributed by atoms with van der Waals surface area (Å²) in [6.45, 7) is 7.40. The van der Waals surface area contributed by atoms with Crippen molar-refractivity contribution in [2.45, 2.75) is 37.6 Å². The Labute approximate surface area is 168 Å². The van der Waals surface area contributed by atoms with E-state index in [9.17, 15) is 13.0 Å². The fraction of sp³-hybridized carbons (Fsp3) is 0.227. The first-order chi connectivity index (χ1) is 13.1. The molecule has 0 aliphatic rings. The van der Waals surface area contributed by atoms with Crippen LogP contribution in [0.3, 0.4) is 0 Å². The Balaban J connectivity index is 1.98. The van der Waals surface area contributed by atoms with Crippen molar-refractivity contribution >= 4 is 42.4 Å². The predicted octanol–water partition coefficient (Wildman–Crippen LogP) is 4.93. The van der Waals surface area contributed by atoms with Gasteiger partial charge in [-0.15, -0.1) is 0 Å². The van der Waals surface area contributed by atoms with Crippen molar-refractivity contribution in [1.29, 1.82) is 0 Å². The van der Waals surface area contributed by atoms with Gasteiger partial charge in [-0.1, -0.05) is 47.7 Å². The van der Waals surface area contributed by atoms with Crippen LogP contribution in [0, 0.1) is 0 Å². The third-order valence-corrected chi connectivity index (χ3v) is 7.29. The van der Waals surface area contributed by atoms with Crippen molar-refractivity contribution in [2.24, 2.45) is 0 Å². The molecule has 0 fully saturated rings. The molecule has 0 bridgehead atoms. The van der Waals surface area contributed by atoms with Crippen LogP contribution >= 0.6 is 11.3 Å². The van der Waals surface area contributed by atoms with Crippen molar-refractivity contribution < 1.29 is 17.5 Å². The Morgan fingerprint density at radius 1 is 1.00 bits per heavy atom. The molecule has 0 aliphatic carbocycles. The minimum absolute atomic E-state index is 0.0286. The molecule has 1 aromatic heterocycles. The highest BCUT2D eigenvalue weighted by atomic mass is 32.2. The number of fused-ring (bicyclic) bond motifs is 3. The first-order valence-corrected chi connectivity index (χ1v) is 11.3. The smallest absolute Gasteiger partial charge is 0.282 e. The minimum atomic E-state index is -4.22. The number of nitrogens with zero attached hydrogens (tertiary/aromatic N) is 1. The lowest BCUT2D eigenvalue weighted by Crippen LogP contribution is -2.41. The summed E-state index contributed by atoms with van der Waals surface area (Å²) in [5, 5.41) is 3.06. The molecule has 0 aliphatic heterocycles. The van der Waals surface area contributed by atoms with Gasteiger partial charge in [0.05, 0.1) is 10.3 Å². The van der Waals surface area contributed by atoms with Gasteiger partial charge in [0.15, 0.2) is 6.54 Å². The Morgan fingerprint density at radius 3 is 2.36 bits per heavy atom. The molecule has 0 radical (unpaired) electrons. The Morgan fingerprint density at radius 2 is 1.71 bits per heavy atom. The van der Waals surface area contributed by atoms with Crippen LogP contribution in [0.25, 0.3) is 21.0 Å². The second-order valence-corrected chi connectivity index (χ2v) is 10.4. The van der Waals surface area contributed by atoms with E-state index in [1.807, 2.05) is 30.3 Å². The SMILES string of the molecule is CC(C)(C)c1sc2c3ccc(S(=O)(=O)O)cc3ccc2[n+]1Cc1ccccc1. The zero-order valence-electron chi connectivity index (χ0n) is 16.0. The lowest BCUT2D eigenvalue weighted by Gasteiger charge is -2.13. The molecule has 0 spiro atoms. The van der Waals surface area contributed by atoms with Crippen LogP contribution in [-0.2, 0) is 22.1 Å². The highest BCUT2D eigenvalue weighted by molar-refractivity contribution is 7.85. The summed E-state index contributed by atoms with van der Waals surface area (Å²) in [4.78, 5) is -0.0795. The molecule has 0 saturated heterocycles. The molecule has 28 heavy (non-hydrogen) atoms. The van der Waals surface area contributed by atoms with E-state index in [0.717, 1.165) is 27.5 Å². The highest BCUT2D eigenvalue weighted by Crippen LogP contribution is 2.35. The maximum absolute atomic E-state index is 11.5. The molecule has 4 nitrogen and oxygen atoms in total. The monoisotopic (exact) mass is 412 g/mol. The number of aromatic nitrogens is 1. The lowest BCUT2D eigenvalue weighted by molar-refractivity contribution is -0.668. The molecule has 1 heterocycles. The third kappa shape index (κ3) is 3.43. The summed E-state index contributed by atoms with van der Waals surface area (Å²) < 4.78 is 35.8. The van der Waals surface area contributed by atoms with Gasteiger partial charge in [-0.05, 0) is 44.4 Å². The van der Waals surface area contributed by atoms with Crippen LogP contribution in [0.4, 0.5) is 0 Å². The highest BCUT2D eigenvalue weighted by Gasteiger charge is 2.31. The van der Waals surface area contributed by atoms with Crippen LogP contribution in [-0.4, -0.2) is 13.0 Å². The van der Waals surface area contributed by atoms with E-state index < -0.39 is 10.1 Å². The zero-order chi connectivity index (χ0) is 20.1. The fourth-order valence-electron chi connectivity index (χ4n) is 3.49. The van der Waals surface area contributed by atoms with E-state index in [2.05, 4.69) is 37.5 Å². The summed E-state index contributed by atoms with van der Waals surface area (Å²) in [6, 6.07) is 19.1. The Kier molecular flexibility index (Phi) is 4.53. The summed E-state index contributed by atoms with van der Waals surface area (Å²) in [6.07, 6.45) is 0.